The number of hydrogen-bond donors (Lipinski definition) is 2. The number of nitrogens with zero attached hydrogens (tertiary/aromatic N) is 1. The first kappa shape index (κ1) is 14.5. The van der Waals surface area contributed by atoms with Crippen molar-refractivity contribution in [3.8, 4) is 0 Å². The minimum atomic E-state index is -0.956. The van der Waals surface area contributed by atoms with Gasteiger partial charge in [0.15, 0.2) is 0 Å². The van der Waals surface area contributed by atoms with E-state index in [2.05, 4.69) is 10.6 Å². The molecule has 6 nitrogen and oxygen atoms in total. The quantitative estimate of drug-likeness (QED) is 0.798. The first-order chi connectivity index (χ1) is 11.0. The number of benzene rings is 1. The summed E-state index contributed by atoms with van der Waals surface area (Å²) < 4.78 is 0. The van der Waals surface area contributed by atoms with E-state index in [0.717, 1.165) is 18.4 Å². The average molecular weight is 334 g/mol. The molecule has 120 valence electrons. The van der Waals surface area contributed by atoms with E-state index in [0.29, 0.717) is 18.0 Å². The molecule has 4 rings (SSSR count). The molecule has 1 aliphatic carbocycles. The molecule has 1 saturated carbocycles. The van der Waals surface area contributed by atoms with Crippen LogP contribution in [-0.2, 0) is 15.0 Å². The van der Waals surface area contributed by atoms with Gasteiger partial charge in [-0.05, 0) is 37.0 Å². The molecular formula is C16H16ClN3O3. The second-order valence-electron chi connectivity index (χ2n) is 6.56. The minimum Gasteiger partial charge on any atom is -0.339 e. The number of halogens is 1. The van der Waals surface area contributed by atoms with Crippen LogP contribution in [0.25, 0.3) is 0 Å². The van der Waals surface area contributed by atoms with E-state index in [1.807, 2.05) is 12.1 Å². The third kappa shape index (κ3) is 2.12. The summed E-state index contributed by atoms with van der Waals surface area (Å²) in [6, 6.07) is 6.88. The number of rotatable bonds is 2. The molecule has 0 aromatic heterocycles. The first-order valence-electron chi connectivity index (χ1n) is 7.64. The van der Waals surface area contributed by atoms with E-state index in [9.17, 15) is 14.4 Å². The Hall–Kier alpha value is -2.08. The van der Waals surface area contributed by atoms with Gasteiger partial charge in [0.2, 0.25) is 5.91 Å². The average Bonchev–Trinajstić information content (AvgIpc) is 3.14. The van der Waals surface area contributed by atoms with Crippen molar-refractivity contribution in [1.29, 1.82) is 0 Å². The van der Waals surface area contributed by atoms with E-state index in [4.69, 9.17) is 11.6 Å². The topological polar surface area (TPSA) is 78.5 Å². The number of imide groups is 1. The molecule has 1 atom stereocenters. The van der Waals surface area contributed by atoms with E-state index >= 15 is 0 Å². The van der Waals surface area contributed by atoms with Crippen LogP contribution in [0.2, 0.25) is 5.02 Å². The van der Waals surface area contributed by atoms with Crippen LogP contribution in [0.1, 0.15) is 24.8 Å². The molecule has 1 aromatic carbocycles. The normalized spacial score (nSPS) is 28.0. The van der Waals surface area contributed by atoms with Crippen LogP contribution < -0.4 is 10.6 Å². The molecule has 2 aliphatic heterocycles. The van der Waals surface area contributed by atoms with E-state index in [1.54, 1.807) is 17.0 Å². The van der Waals surface area contributed by atoms with E-state index in [-0.39, 0.29) is 18.4 Å². The molecule has 7 heteroatoms. The van der Waals surface area contributed by atoms with Crippen LogP contribution in [-0.4, -0.2) is 41.4 Å². The highest BCUT2D eigenvalue weighted by atomic mass is 35.5. The summed E-state index contributed by atoms with van der Waals surface area (Å²) in [7, 11) is 0. The number of likely N-dealkylation sites (tertiary alicyclic amines) is 1. The zero-order valence-electron chi connectivity index (χ0n) is 12.4. The predicted molar refractivity (Wildman–Crippen MR) is 83.0 cm³/mol. The van der Waals surface area contributed by atoms with Crippen LogP contribution in [0.5, 0.6) is 0 Å². The zero-order chi connectivity index (χ0) is 16.2. The van der Waals surface area contributed by atoms with Crippen molar-refractivity contribution in [3.05, 3.63) is 34.9 Å². The summed E-state index contributed by atoms with van der Waals surface area (Å²) in [6.07, 6.45) is 2.05. The molecule has 23 heavy (non-hydrogen) atoms. The highest BCUT2D eigenvalue weighted by molar-refractivity contribution is 6.30. The van der Waals surface area contributed by atoms with Gasteiger partial charge in [-0.2, -0.15) is 0 Å². The Labute approximate surface area is 138 Å². The van der Waals surface area contributed by atoms with Crippen LogP contribution >= 0.6 is 11.6 Å². The Morgan fingerprint density at radius 3 is 2.39 bits per heavy atom. The molecule has 0 bridgehead atoms. The Kier molecular flexibility index (Phi) is 2.97. The molecule has 2 N–H and O–H groups in total. The molecule has 1 spiro atoms. The lowest BCUT2D eigenvalue weighted by molar-refractivity contribution is -0.133. The second kappa shape index (κ2) is 4.71. The summed E-state index contributed by atoms with van der Waals surface area (Å²) in [5.41, 5.74) is -0.481. The fourth-order valence-corrected chi connectivity index (χ4v) is 3.75. The van der Waals surface area contributed by atoms with E-state index < -0.39 is 17.0 Å². The maximum Gasteiger partial charge on any atom is 0.322 e. The van der Waals surface area contributed by atoms with Crippen molar-refractivity contribution < 1.29 is 14.4 Å². The number of hydrogen-bond acceptors (Lipinski definition) is 3. The SMILES string of the molecule is O=C1NC(=O)[C@]2(CCN(C(=O)C3(c4ccc(Cl)cc4)CC3)C2)N1. The Morgan fingerprint density at radius 2 is 1.83 bits per heavy atom. The van der Waals surface area contributed by atoms with Crippen molar-refractivity contribution in [2.24, 2.45) is 0 Å². The molecule has 0 unspecified atom stereocenters. The monoisotopic (exact) mass is 333 g/mol. The lowest BCUT2D eigenvalue weighted by atomic mass is 9.94. The first-order valence-corrected chi connectivity index (χ1v) is 8.02. The molecule has 2 saturated heterocycles. The van der Waals surface area contributed by atoms with Gasteiger partial charge < -0.3 is 10.2 Å². The van der Waals surface area contributed by atoms with E-state index in [1.165, 1.54) is 0 Å². The molecule has 1 aromatic rings. The predicted octanol–water partition coefficient (Wildman–Crippen LogP) is 1.18. The number of carbonyl (C=O) groups is 3. The highest BCUT2D eigenvalue weighted by Crippen LogP contribution is 2.50. The fraction of sp³-hybridized carbons (Fsp3) is 0.438. The van der Waals surface area contributed by atoms with Crippen molar-refractivity contribution in [2.75, 3.05) is 13.1 Å². The van der Waals surface area contributed by atoms with Crippen LogP contribution in [0.15, 0.2) is 24.3 Å². The Balaban J connectivity index is 1.55. The lowest BCUT2D eigenvalue weighted by Crippen LogP contribution is -2.50. The largest absolute Gasteiger partial charge is 0.339 e. The van der Waals surface area contributed by atoms with Crippen molar-refractivity contribution in [3.63, 3.8) is 0 Å². The van der Waals surface area contributed by atoms with Crippen LogP contribution in [0.4, 0.5) is 4.79 Å². The van der Waals surface area contributed by atoms with Gasteiger partial charge in [0.05, 0.1) is 12.0 Å². The smallest absolute Gasteiger partial charge is 0.322 e. The van der Waals surface area contributed by atoms with Gasteiger partial charge in [-0.15, -0.1) is 0 Å². The van der Waals surface area contributed by atoms with Gasteiger partial charge in [-0.1, -0.05) is 23.7 Å². The Morgan fingerprint density at radius 1 is 1.13 bits per heavy atom. The number of carbonyl (C=O) groups excluding carboxylic acids is 3. The number of urea groups is 1. The molecule has 3 aliphatic rings. The highest BCUT2D eigenvalue weighted by Gasteiger charge is 2.58. The summed E-state index contributed by atoms with van der Waals surface area (Å²) in [5, 5.41) is 5.57. The van der Waals surface area contributed by atoms with Gasteiger partial charge in [0.1, 0.15) is 5.54 Å². The van der Waals surface area contributed by atoms with Crippen LogP contribution in [0.3, 0.4) is 0 Å². The van der Waals surface area contributed by atoms with Gasteiger partial charge in [0, 0.05) is 11.6 Å². The van der Waals surface area contributed by atoms with Crippen molar-refractivity contribution in [1.82, 2.24) is 15.5 Å². The standard InChI is InChI=1S/C16H16ClN3O3/c17-11-3-1-10(2-4-11)15(5-6-15)13(22)20-8-7-16(9-20)12(21)18-14(23)19-16/h1-4H,5-9H2,(H2,18,19,21,23)/t16-/m1/s1. The zero-order valence-corrected chi connectivity index (χ0v) is 13.2. The maximum atomic E-state index is 13.0. The van der Waals surface area contributed by atoms with Gasteiger partial charge in [-0.3, -0.25) is 14.9 Å². The van der Waals surface area contributed by atoms with Gasteiger partial charge >= 0.3 is 6.03 Å². The third-order valence-corrected chi connectivity index (χ3v) is 5.38. The summed E-state index contributed by atoms with van der Waals surface area (Å²) in [5.74, 6) is -0.306. The summed E-state index contributed by atoms with van der Waals surface area (Å²) >= 11 is 5.92. The fourth-order valence-electron chi connectivity index (χ4n) is 3.62. The lowest BCUT2D eigenvalue weighted by Gasteiger charge is -2.25. The molecule has 3 fully saturated rings. The maximum absolute atomic E-state index is 13.0. The molecular weight excluding hydrogens is 318 g/mol. The van der Waals surface area contributed by atoms with Crippen LogP contribution in [0, 0.1) is 0 Å². The molecule has 0 radical (unpaired) electrons. The second-order valence-corrected chi connectivity index (χ2v) is 6.99. The summed E-state index contributed by atoms with van der Waals surface area (Å²) in [6.45, 7) is 0.709. The van der Waals surface area contributed by atoms with Gasteiger partial charge in [-0.25, -0.2) is 4.79 Å². The number of amides is 4. The third-order valence-electron chi connectivity index (χ3n) is 5.13. The minimum absolute atomic E-state index is 0.0330. The van der Waals surface area contributed by atoms with Crippen molar-refractivity contribution in [2.45, 2.75) is 30.2 Å². The molecule has 2 heterocycles. The summed E-state index contributed by atoms with van der Waals surface area (Å²) in [4.78, 5) is 38.1. The number of nitrogens with one attached hydrogen (secondary N) is 2. The molecule has 4 amide bonds. The van der Waals surface area contributed by atoms with Gasteiger partial charge in [0.25, 0.3) is 5.91 Å². The van der Waals surface area contributed by atoms with Crippen molar-refractivity contribution >= 4 is 29.4 Å². The Bertz CT molecular complexity index is 714.